The molecule has 0 spiro atoms. The molecule has 0 aromatic carbocycles. The van der Waals surface area contributed by atoms with E-state index in [1.54, 1.807) is 13.3 Å². The van der Waals surface area contributed by atoms with Gasteiger partial charge in [-0.25, -0.2) is 24.9 Å². The predicted octanol–water partition coefficient (Wildman–Crippen LogP) is 5.52. The van der Waals surface area contributed by atoms with E-state index in [0.717, 1.165) is 17.0 Å². The molecule has 4 fully saturated rings. The minimum atomic E-state index is -4.20. The highest BCUT2D eigenvalue weighted by molar-refractivity contribution is 5.74. The van der Waals surface area contributed by atoms with Crippen LogP contribution < -0.4 is 4.74 Å². The Kier molecular flexibility index (Phi) is 5.44. The van der Waals surface area contributed by atoms with Gasteiger partial charge < -0.3 is 9.47 Å². The van der Waals surface area contributed by atoms with Crippen molar-refractivity contribution in [3.8, 4) is 5.88 Å². The van der Waals surface area contributed by atoms with Gasteiger partial charge in [-0.05, 0) is 64.0 Å². The van der Waals surface area contributed by atoms with E-state index >= 15 is 0 Å². The lowest BCUT2D eigenvalue weighted by atomic mass is 9.68. The fourth-order valence-corrected chi connectivity index (χ4v) is 6.31. The summed E-state index contributed by atoms with van der Waals surface area (Å²) < 4.78 is 53.0. The third-order valence-electron chi connectivity index (χ3n) is 8.41. The molecule has 1 aliphatic heterocycles. The Morgan fingerprint density at radius 1 is 1.06 bits per heavy atom. The van der Waals surface area contributed by atoms with Gasteiger partial charge in [0.15, 0.2) is 5.65 Å². The molecule has 7 nitrogen and oxygen atoms in total. The Morgan fingerprint density at radius 2 is 1.83 bits per heavy atom. The molecular weight excluding hydrogens is 471 g/mol. The van der Waals surface area contributed by atoms with Crippen LogP contribution in [0, 0.1) is 25.2 Å². The van der Waals surface area contributed by atoms with Crippen LogP contribution in [0.25, 0.3) is 11.2 Å². The minimum Gasteiger partial charge on any atom is -0.481 e. The Morgan fingerprint density at radius 3 is 2.56 bits per heavy atom. The number of pyridine rings is 1. The SMILES string of the molecule is COc1ncccc1[C@H]1C[C@H](c2nc(C3CC4(C(F)(F)F)CC3C4)c3nc(C)c(C)nc3n2)CCO1. The van der Waals surface area contributed by atoms with Crippen molar-refractivity contribution in [1.29, 1.82) is 0 Å². The first-order valence-corrected chi connectivity index (χ1v) is 12.4. The van der Waals surface area contributed by atoms with E-state index in [9.17, 15) is 13.2 Å². The molecule has 3 aromatic rings. The summed E-state index contributed by atoms with van der Waals surface area (Å²) in [4.78, 5) is 23.4. The maximum Gasteiger partial charge on any atom is 0.394 e. The van der Waals surface area contributed by atoms with Gasteiger partial charge in [-0.15, -0.1) is 0 Å². The predicted molar refractivity (Wildman–Crippen MR) is 125 cm³/mol. The number of methoxy groups -OCH3 is 1. The molecule has 3 aromatic heterocycles. The second-order valence-electron chi connectivity index (χ2n) is 10.5. The Hall–Kier alpha value is -2.88. The van der Waals surface area contributed by atoms with Gasteiger partial charge in [0.1, 0.15) is 11.3 Å². The van der Waals surface area contributed by atoms with Gasteiger partial charge in [0.05, 0.1) is 35.7 Å². The minimum absolute atomic E-state index is 0.0341. The highest BCUT2D eigenvalue weighted by Gasteiger charge is 2.69. The van der Waals surface area contributed by atoms with Crippen molar-refractivity contribution in [3.63, 3.8) is 0 Å². The van der Waals surface area contributed by atoms with Crippen LogP contribution in [0.5, 0.6) is 5.88 Å². The fraction of sp³-hybridized carbons (Fsp3) is 0.577. The topological polar surface area (TPSA) is 82.9 Å². The zero-order valence-electron chi connectivity index (χ0n) is 20.5. The summed E-state index contributed by atoms with van der Waals surface area (Å²) in [6, 6.07) is 3.78. The van der Waals surface area contributed by atoms with E-state index in [4.69, 9.17) is 24.4 Å². The Labute approximate surface area is 206 Å². The standard InChI is InChI=1S/C26H28F3N5O2/c1-13-14(2)32-23-21(31-13)20(18-12-25(26(27,28)29)10-16(18)11-25)33-22(34-23)15-6-8-36-19(9-15)17-5-4-7-30-24(17)35-3/h4-5,7,15-16,18-19H,6,8-12H2,1-3H3/t15-,16?,18?,19-,25?/m1/s1. The van der Waals surface area contributed by atoms with Crippen molar-refractivity contribution in [3.05, 3.63) is 46.8 Å². The van der Waals surface area contributed by atoms with Crippen LogP contribution in [-0.4, -0.2) is 44.8 Å². The first kappa shape index (κ1) is 23.5. The molecule has 3 saturated carbocycles. The summed E-state index contributed by atoms with van der Waals surface area (Å²) in [5.41, 5.74) is 2.39. The van der Waals surface area contributed by atoms with Crippen molar-refractivity contribution in [2.75, 3.05) is 13.7 Å². The first-order valence-electron chi connectivity index (χ1n) is 12.4. The van der Waals surface area contributed by atoms with Crippen LogP contribution in [0.3, 0.4) is 0 Å². The average molecular weight is 500 g/mol. The summed E-state index contributed by atoms with van der Waals surface area (Å²) >= 11 is 0. The van der Waals surface area contributed by atoms with Crippen molar-refractivity contribution in [1.82, 2.24) is 24.9 Å². The van der Waals surface area contributed by atoms with Crippen LogP contribution >= 0.6 is 0 Å². The van der Waals surface area contributed by atoms with E-state index < -0.39 is 11.6 Å². The molecule has 1 unspecified atom stereocenters. The van der Waals surface area contributed by atoms with E-state index in [1.165, 1.54) is 0 Å². The largest absolute Gasteiger partial charge is 0.481 e. The molecule has 0 radical (unpaired) electrons. The van der Waals surface area contributed by atoms with Crippen LogP contribution in [-0.2, 0) is 4.74 Å². The van der Waals surface area contributed by atoms with Gasteiger partial charge in [-0.3, -0.25) is 0 Å². The first-order chi connectivity index (χ1) is 17.2. The van der Waals surface area contributed by atoms with Crippen molar-refractivity contribution < 1.29 is 22.6 Å². The highest BCUT2D eigenvalue weighted by atomic mass is 19.4. The van der Waals surface area contributed by atoms with E-state index in [1.807, 2.05) is 26.0 Å². The van der Waals surface area contributed by atoms with Crippen LogP contribution in [0.1, 0.15) is 78.5 Å². The van der Waals surface area contributed by atoms with Crippen LogP contribution in [0.15, 0.2) is 18.3 Å². The molecule has 4 aliphatic rings. The molecule has 3 atom stereocenters. The maximum absolute atomic E-state index is 13.8. The normalized spacial score (nSPS) is 29.8. The second kappa shape index (κ2) is 8.33. The summed E-state index contributed by atoms with van der Waals surface area (Å²) in [7, 11) is 1.58. The number of hydrogen-bond acceptors (Lipinski definition) is 7. The number of nitrogens with zero attached hydrogens (tertiary/aromatic N) is 5. The molecule has 4 heterocycles. The van der Waals surface area contributed by atoms with Crippen molar-refractivity contribution in [2.45, 2.75) is 70.1 Å². The fourth-order valence-electron chi connectivity index (χ4n) is 6.31. The maximum atomic E-state index is 13.8. The number of aromatic nitrogens is 5. The lowest BCUT2D eigenvalue weighted by Crippen LogP contribution is -2.42. The van der Waals surface area contributed by atoms with Gasteiger partial charge in [0.2, 0.25) is 5.88 Å². The lowest BCUT2D eigenvalue weighted by Gasteiger charge is -2.39. The summed E-state index contributed by atoms with van der Waals surface area (Å²) in [6.07, 6.45) is -1.04. The molecule has 0 amide bonds. The molecule has 7 rings (SSSR count). The Balaban J connectivity index is 1.39. The quantitative estimate of drug-likeness (QED) is 0.467. The zero-order chi connectivity index (χ0) is 25.2. The number of halogens is 3. The third kappa shape index (κ3) is 3.64. The number of alkyl halides is 3. The number of fused-ring (bicyclic) bond motifs is 2. The monoisotopic (exact) mass is 499 g/mol. The number of rotatable bonds is 4. The van der Waals surface area contributed by atoms with E-state index in [2.05, 4.69) is 9.97 Å². The van der Waals surface area contributed by atoms with E-state index in [0.29, 0.717) is 48.0 Å². The highest BCUT2D eigenvalue weighted by Crippen LogP contribution is 2.70. The Bertz CT molecular complexity index is 1320. The van der Waals surface area contributed by atoms with Gasteiger partial charge in [0, 0.05) is 30.2 Å². The smallest absolute Gasteiger partial charge is 0.394 e. The van der Waals surface area contributed by atoms with Gasteiger partial charge >= 0.3 is 6.18 Å². The molecule has 3 aliphatic carbocycles. The van der Waals surface area contributed by atoms with Crippen molar-refractivity contribution >= 4 is 11.2 Å². The summed E-state index contributed by atoms with van der Waals surface area (Å²) in [6.45, 7) is 4.23. The zero-order valence-corrected chi connectivity index (χ0v) is 20.5. The third-order valence-corrected chi connectivity index (χ3v) is 8.41. The van der Waals surface area contributed by atoms with Crippen molar-refractivity contribution in [2.24, 2.45) is 11.3 Å². The number of hydrogen-bond donors (Lipinski definition) is 0. The molecule has 2 bridgehead atoms. The summed E-state index contributed by atoms with van der Waals surface area (Å²) in [5.74, 6) is 0.761. The van der Waals surface area contributed by atoms with E-state index in [-0.39, 0.29) is 43.1 Å². The molecule has 10 heteroatoms. The molecule has 1 saturated heterocycles. The lowest BCUT2D eigenvalue weighted by molar-refractivity contribution is -0.244. The second-order valence-corrected chi connectivity index (χ2v) is 10.5. The number of ether oxygens (including phenoxy) is 2. The van der Waals surface area contributed by atoms with Gasteiger partial charge in [0.25, 0.3) is 0 Å². The average Bonchev–Trinajstić information content (AvgIpc) is 3.42. The summed E-state index contributed by atoms with van der Waals surface area (Å²) in [5, 5.41) is 0. The molecule has 36 heavy (non-hydrogen) atoms. The van der Waals surface area contributed by atoms with Gasteiger partial charge in [-0.2, -0.15) is 13.2 Å². The number of aryl methyl sites for hydroxylation is 2. The van der Waals surface area contributed by atoms with Crippen LogP contribution in [0.2, 0.25) is 0 Å². The molecule has 0 N–H and O–H groups in total. The molecule has 190 valence electrons. The molecular formula is C26H28F3N5O2. The van der Waals surface area contributed by atoms with Crippen LogP contribution in [0.4, 0.5) is 13.2 Å². The van der Waals surface area contributed by atoms with Gasteiger partial charge in [-0.1, -0.05) is 0 Å².